The summed E-state index contributed by atoms with van der Waals surface area (Å²) in [6, 6.07) is 13.4. The number of aromatic amines is 1. The van der Waals surface area contributed by atoms with Crippen molar-refractivity contribution >= 4 is 22.6 Å². The smallest absolute Gasteiger partial charge is 0.328 e. The second kappa shape index (κ2) is 8.87. The molecular formula is C20H19N3O6. The average molecular weight is 397 g/mol. The molecule has 1 amide bonds. The zero-order valence-electron chi connectivity index (χ0n) is 15.6. The summed E-state index contributed by atoms with van der Waals surface area (Å²) in [6.45, 7) is -0.746. The Bertz CT molecular complexity index is 1150. The van der Waals surface area contributed by atoms with Gasteiger partial charge in [-0.1, -0.05) is 24.3 Å². The van der Waals surface area contributed by atoms with Gasteiger partial charge in [0, 0.05) is 6.54 Å². The van der Waals surface area contributed by atoms with Gasteiger partial charge >= 0.3 is 5.97 Å². The lowest BCUT2D eigenvalue weighted by Gasteiger charge is -2.09. The van der Waals surface area contributed by atoms with Crippen molar-refractivity contribution < 1.29 is 19.1 Å². The van der Waals surface area contributed by atoms with E-state index in [4.69, 9.17) is 9.47 Å². The van der Waals surface area contributed by atoms with Gasteiger partial charge in [-0.3, -0.25) is 24.3 Å². The molecule has 9 nitrogen and oxygen atoms in total. The normalized spacial score (nSPS) is 10.5. The van der Waals surface area contributed by atoms with Gasteiger partial charge < -0.3 is 14.8 Å². The van der Waals surface area contributed by atoms with Crippen LogP contribution >= 0.6 is 0 Å². The number of fused-ring (bicyclic) bond motifs is 1. The maximum Gasteiger partial charge on any atom is 0.328 e. The topological polar surface area (TPSA) is 119 Å². The molecule has 0 bridgehead atoms. The number of aromatic nitrogens is 2. The Balaban J connectivity index is 1.54. The van der Waals surface area contributed by atoms with E-state index in [-0.39, 0.29) is 17.3 Å². The highest BCUT2D eigenvalue weighted by atomic mass is 16.5. The number of hydrogen-bond acceptors (Lipinski definition) is 6. The molecule has 9 heteroatoms. The lowest BCUT2D eigenvalue weighted by atomic mass is 10.2. The van der Waals surface area contributed by atoms with Crippen LogP contribution in [0.3, 0.4) is 0 Å². The fraction of sp³-hybridized carbons (Fsp3) is 0.200. The lowest BCUT2D eigenvalue weighted by Crippen LogP contribution is -2.34. The molecule has 0 fully saturated rings. The molecule has 0 unspecified atom stereocenters. The summed E-state index contributed by atoms with van der Waals surface area (Å²) in [4.78, 5) is 48.2. The van der Waals surface area contributed by atoms with E-state index in [2.05, 4.69) is 10.4 Å². The van der Waals surface area contributed by atoms with E-state index in [0.717, 1.165) is 10.2 Å². The van der Waals surface area contributed by atoms with E-state index < -0.39 is 36.1 Å². The summed E-state index contributed by atoms with van der Waals surface area (Å²) in [7, 11) is 1.56. The second-order valence-electron chi connectivity index (χ2n) is 6.16. The number of esters is 1. The molecule has 3 rings (SSSR count). The number of hydrogen-bond donors (Lipinski definition) is 2. The Hall–Kier alpha value is -3.88. The van der Waals surface area contributed by atoms with Crippen LogP contribution in [0.15, 0.2) is 58.1 Å². The van der Waals surface area contributed by atoms with Crippen LogP contribution in [0, 0.1) is 0 Å². The maximum atomic E-state index is 12.4. The summed E-state index contributed by atoms with van der Waals surface area (Å²) in [5, 5.41) is 5.38. The van der Waals surface area contributed by atoms with E-state index >= 15 is 0 Å². The molecule has 150 valence electrons. The first kappa shape index (κ1) is 19.9. The van der Waals surface area contributed by atoms with E-state index in [9.17, 15) is 19.2 Å². The number of benzene rings is 2. The van der Waals surface area contributed by atoms with Crippen molar-refractivity contribution in [1.29, 1.82) is 0 Å². The number of nitrogens with zero attached hydrogens (tertiary/aromatic N) is 1. The Morgan fingerprint density at radius 2 is 1.72 bits per heavy atom. The Morgan fingerprint density at radius 1 is 1.03 bits per heavy atom. The number of methoxy groups -OCH3 is 1. The molecule has 0 aliphatic rings. The third-order valence-corrected chi connectivity index (χ3v) is 4.18. The van der Waals surface area contributed by atoms with Gasteiger partial charge in [0.1, 0.15) is 12.3 Å². The highest BCUT2D eigenvalue weighted by molar-refractivity contribution is 5.81. The summed E-state index contributed by atoms with van der Waals surface area (Å²) in [5.74, 6) is -0.609. The molecule has 0 radical (unpaired) electrons. The van der Waals surface area contributed by atoms with Gasteiger partial charge in [-0.05, 0) is 29.8 Å². The quantitative estimate of drug-likeness (QED) is 0.562. The highest BCUT2D eigenvalue weighted by Gasteiger charge is 2.12. The van der Waals surface area contributed by atoms with Crippen LogP contribution in [0.25, 0.3) is 10.8 Å². The molecule has 0 saturated carbocycles. The van der Waals surface area contributed by atoms with Crippen molar-refractivity contribution in [1.82, 2.24) is 15.1 Å². The first-order valence-corrected chi connectivity index (χ1v) is 8.75. The molecule has 0 aliphatic heterocycles. The fourth-order valence-electron chi connectivity index (χ4n) is 2.67. The first-order chi connectivity index (χ1) is 14.0. The molecule has 2 N–H and O–H groups in total. The van der Waals surface area contributed by atoms with E-state index in [1.54, 1.807) is 43.5 Å². The molecule has 0 aliphatic carbocycles. The van der Waals surface area contributed by atoms with E-state index in [1.165, 1.54) is 12.1 Å². The van der Waals surface area contributed by atoms with Crippen molar-refractivity contribution in [2.45, 2.75) is 13.1 Å². The van der Waals surface area contributed by atoms with Gasteiger partial charge in [-0.2, -0.15) is 0 Å². The number of carbonyl (C=O) groups is 2. The van der Waals surface area contributed by atoms with Crippen LogP contribution in [-0.2, 0) is 27.4 Å². The Kier molecular flexibility index (Phi) is 6.08. The molecule has 3 aromatic rings. The number of rotatable bonds is 7. The van der Waals surface area contributed by atoms with E-state index in [0.29, 0.717) is 5.75 Å². The van der Waals surface area contributed by atoms with Gasteiger partial charge in [-0.25, -0.2) is 4.68 Å². The fourth-order valence-corrected chi connectivity index (χ4v) is 2.67. The van der Waals surface area contributed by atoms with Gasteiger partial charge in [0.05, 0.1) is 17.9 Å². The standard InChI is InChI=1S/C20H19N3O6/c1-28-14-8-6-13(7-9-14)10-21-17(24)12-29-18(25)11-23-20(27)16-5-3-2-4-15(16)19(26)22-23/h2-9H,10-12H2,1H3,(H,21,24)(H,22,26). The van der Waals surface area contributed by atoms with Crippen LogP contribution in [0.1, 0.15) is 5.56 Å². The highest BCUT2D eigenvalue weighted by Crippen LogP contribution is 2.10. The molecule has 1 aromatic heterocycles. The molecular weight excluding hydrogens is 378 g/mol. The summed E-state index contributed by atoms with van der Waals surface area (Å²) < 4.78 is 10.8. The van der Waals surface area contributed by atoms with Crippen LogP contribution in [0.2, 0.25) is 0 Å². The predicted octanol–water partition coefficient (Wildman–Crippen LogP) is 0.558. The van der Waals surface area contributed by atoms with Crippen molar-refractivity contribution in [3.63, 3.8) is 0 Å². The molecule has 0 atom stereocenters. The third-order valence-electron chi connectivity index (χ3n) is 4.18. The predicted molar refractivity (Wildman–Crippen MR) is 105 cm³/mol. The monoisotopic (exact) mass is 397 g/mol. The molecule has 2 aromatic carbocycles. The van der Waals surface area contributed by atoms with Crippen LogP contribution in [0.4, 0.5) is 0 Å². The molecule has 29 heavy (non-hydrogen) atoms. The van der Waals surface area contributed by atoms with Crippen LogP contribution < -0.4 is 21.2 Å². The molecule has 0 spiro atoms. The first-order valence-electron chi connectivity index (χ1n) is 8.75. The number of H-pyrrole nitrogens is 1. The second-order valence-corrected chi connectivity index (χ2v) is 6.16. The van der Waals surface area contributed by atoms with Gasteiger partial charge in [0.2, 0.25) is 0 Å². The maximum absolute atomic E-state index is 12.4. The third kappa shape index (κ3) is 4.89. The van der Waals surface area contributed by atoms with Gasteiger partial charge in [0.15, 0.2) is 6.61 Å². The summed E-state index contributed by atoms with van der Waals surface area (Å²) in [6.07, 6.45) is 0. The molecule has 0 saturated heterocycles. The lowest BCUT2D eigenvalue weighted by molar-refractivity contribution is -0.149. The average Bonchev–Trinajstić information content (AvgIpc) is 2.74. The summed E-state index contributed by atoms with van der Waals surface area (Å²) >= 11 is 0. The van der Waals surface area contributed by atoms with Crippen molar-refractivity contribution in [2.75, 3.05) is 13.7 Å². The SMILES string of the molecule is COc1ccc(CNC(=O)COC(=O)Cn2[nH]c(=O)c3ccccc3c2=O)cc1. The van der Waals surface area contributed by atoms with E-state index in [1.807, 2.05) is 0 Å². The molecule has 1 heterocycles. The minimum absolute atomic E-state index is 0.196. The van der Waals surface area contributed by atoms with Gasteiger partial charge in [-0.15, -0.1) is 0 Å². The number of amides is 1. The van der Waals surface area contributed by atoms with Gasteiger partial charge in [0.25, 0.3) is 17.0 Å². The van der Waals surface area contributed by atoms with Crippen molar-refractivity contribution in [3.05, 3.63) is 74.8 Å². The van der Waals surface area contributed by atoms with Crippen molar-refractivity contribution in [3.8, 4) is 5.75 Å². The van der Waals surface area contributed by atoms with Crippen LogP contribution in [0.5, 0.6) is 5.75 Å². The minimum Gasteiger partial charge on any atom is -0.497 e. The zero-order chi connectivity index (χ0) is 20.8. The number of carbonyl (C=O) groups excluding carboxylic acids is 2. The zero-order valence-corrected chi connectivity index (χ0v) is 15.6. The summed E-state index contributed by atoms with van der Waals surface area (Å²) in [5.41, 5.74) is -0.169. The van der Waals surface area contributed by atoms with Crippen LogP contribution in [-0.4, -0.2) is 35.4 Å². The number of nitrogens with one attached hydrogen (secondary N) is 2. The number of ether oxygens (including phenoxy) is 2. The minimum atomic E-state index is -0.822. The largest absolute Gasteiger partial charge is 0.497 e. The Labute approximate surface area is 164 Å². The van der Waals surface area contributed by atoms with Crippen molar-refractivity contribution in [2.24, 2.45) is 0 Å². The Morgan fingerprint density at radius 3 is 2.41 bits per heavy atom.